The summed E-state index contributed by atoms with van der Waals surface area (Å²) in [7, 11) is 0. The minimum Gasteiger partial charge on any atom is -0.382 e. The van der Waals surface area contributed by atoms with Crippen LogP contribution in [0.25, 0.3) is 10.1 Å². The molecular formula is C16H23NOS. The number of nitrogens with one attached hydrogen (secondary N) is 1. The van der Waals surface area contributed by atoms with Crippen molar-refractivity contribution in [1.82, 2.24) is 5.32 Å². The van der Waals surface area contributed by atoms with E-state index in [1.165, 1.54) is 15.6 Å². The fraction of sp³-hybridized carbons (Fsp3) is 0.500. The van der Waals surface area contributed by atoms with Crippen LogP contribution < -0.4 is 5.32 Å². The fourth-order valence-electron chi connectivity index (χ4n) is 2.39. The highest BCUT2D eigenvalue weighted by Crippen LogP contribution is 2.26. The van der Waals surface area contributed by atoms with Gasteiger partial charge in [0.2, 0.25) is 0 Å². The van der Waals surface area contributed by atoms with E-state index in [-0.39, 0.29) is 0 Å². The highest BCUT2D eigenvalue weighted by atomic mass is 32.1. The molecule has 2 aromatic rings. The Bertz CT molecular complexity index is 494. The molecule has 1 N–H and O–H groups in total. The molecule has 2 nitrogen and oxygen atoms in total. The van der Waals surface area contributed by atoms with E-state index in [1.807, 2.05) is 11.3 Å². The lowest BCUT2D eigenvalue weighted by atomic mass is 10.0. The van der Waals surface area contributed by atoms with Crippen LogP contribution in [0.15, 0.2) is 29.6 Å². The number of rotatable bonds is 8. The molecule has 1 atom stereocenters. The number of hydrogen-bond acceptors (Lipinski definition) is 3. The van der Waals surface area contributed by atoms with E-state index in [1.54, 1.807) is 0 Å². The van der Waals surface area contributed by atoms with E-state index in [0.717, 1.165) is 32.6 Å². The maximum absolute atomic E-state index is 5.48. The molecule has 0 aliphatic carbocycles. The molecule has 104 valence electrons. The van der Waals surface area contributed by atoms with Crippen molar-refractivity contribution in [3.05, 3.63) is 35.2 Å². The molecule has 0 aliphatic rings. The van der Waals surface area contributed by atoms with Crippen LogP contribution in [0.5, 0.6) is 0 Å². The van der Waals surface area contributed by atoms with Gasteiger partial charge in [-0.25, -0.2) is 0 Å². The van der Waals surface area contributed by atoms with Crippen molar-refractivity contribution in [2.24, 2.45) is 0 Å². The van der Waals surface area contributed by atoms with E-state index < -0.39 is 0 Å². The molecule has 1 aromatic carbocycles. The maximum Gasteiger partial charge on any atom is 0.0480 e. The van der Waals surface area contributed by atoms with Crippen LogP contribution in [0.4, 0.5) is 0 Å². The largest absolute Gasteiger partial charge is 0.382 e. The van der Waals surface area contributed by atoms with Gasteiger partial charge in [-0.2, -0.15) is 0 Å². The van der Waals surface area contributed by atoms with Crippen LogP contribution in [0.1, 0.15) is 25.8 Å². The monoisotopic (exact) mass is 277 g/mol. The summed E-state index contributed by atoms with van der Waals surface area (Å²) in [6, 6.07) is 9.17. The Hall–Kier alpha value is -0.900. The van der Waals surface area contributed by atoms with Crippen LogP contribution in [-0.2, 0) is 11.2 Å². The van der Waals surface area contributed by atoms with Crippen molar-refractivity contribution in [1.29, 1.82) is 0 Å². The third-order valence-corrected chi connectivity index (χ3v) is 4.35. The van der Waals surface area contributed by atoms with Gasteiger partial charge in [0.05, 0.1) is 0 Å². The van der Waals surface area contributed by atoms with Gasteiger partial charge in [0, 0.05) is 24.0 Å². The first-order valence-corrected chi connectivity index (χ1v) is 7.99. The molecule has 0 aliphatic heterocycles. The third kappa shape index (κ3) is 4.03. The predicted molar refractivity (Wildman–Crippen MR) is 84.1 cm³/mol. The number of hydrogen-bond donors (Lipinski definition) is 1. The molecule has 2 rings (SSSR count). The van der Waals surface area contributed by atoms with E-state index in [4.69, 9.17) is 4.74 Å². The summed E-state index contributed by atoms with van der Waals surface area (Å²) in [5.41, 5.74) is 1.46. The molecule has 0 fully saturated rings. The predicted octanol–water partition coefficient (Wildman–Crippen LogP) is 3.85. The van der Waals surface area contributed by atoms with Gasteiger partial charge < -0.3 is 10.1 Å². The Kier molecular flexibility index (Phi) is 5.83. The fourth-order valence-corrected chi connectivity index (χ4v) is 3.37. The zero-order valence-corrected chi connectivity index (χ0v) is 12.6. The zero-order chi connectivity index (χ0) is 13.5. The number of likely N-dealkylation sites (N-methyl/N-ethyl adjacent to an activating group) is 1. The number of thiophene rings is 1. The van der Waals surface area contributed by atoms with Gasteiger partial charge in [0.25, 0.3) is 0 Å². The third-order valence-electron chi connectivity index (χ3n) is 3.34. The van der Waals surface area contributed by atoms with Crippen LogP contribution in [0.3, 0.4) is 0 Å². The van der Waals surface area contributed by atoms with E-state index in [0.29, 0.717) is 6.04 Å². The maximum atomic E-state index is 5.48. The average molecular weight is 277 g/mol. The lowest BCUT2D eigenvalue weighted by molar-refractivity contribution is 0.136. The zero-order valence-electron chi connectivity index (χ0n) is 11.8. The van der Waals surface area contributed by atoms with Crippen molar-refractivity contribution in [2.45, 2.75) is 32.7 Å². The molecule has 0 saturated heterocycles. The van der Waals surface area contributed by atoms with Crippen molar-refractivity contribution in [2.75, 3.05) is 19.8 Å². The standard InChI is InChI=1S/C16H23NOS/c1-3-17-14(9-10-18-4-2)11-13-12-19-16-8-6-5-7-15(13)16/h5-8,12,14,17H,3-4,9-11H2,1-2H3. The second-order valence-corrected chi connectivity index (χ2v) is 5.61. The second-order valence-electron chi connectivity index (χ2n) is 4.70. The minimum atomic E-state index is 0.509. The first-order valence-electron chi connectivity index (χ1n) is 7.11. The van der Waals surface area contributed by atoms with Gasteiger partial charge in [-0.3, -0.25) is 0 Å². The lowest BCUT2D eigenvalue weighted by Gasteiger charge is -2.17. The molecule has 19 heavy (non-hydrogen) atoms. The van der Waals surface area contributed by atoms with E-state index in [2.05, 4.69) is 48.8 Å². The summed E-state index contributed by atoms with van der Waals surface area (Å²) in [6.45, 7) is 6.88. The summed E-state index contributed by atoms with van der Waals surface area (Å²) in [5.74, 6) is 0. The van der Waals surface area contributed by atoms with Crippen LogP contribution >= 0.6 is 11.3 Å². The topological polar surface area (TPSA) is 21.3 Å². The van der Waals surface area contributed by atoms with Crippen LogP contribution in [-0.4, -0.2) is 25.8 Å². The molecule has 0 bridgehead atoms. The Morgan fingerprint density at radius 1 is 1.26 bits per heavy atom. The van der Waals surface area contributed by atoms with Crippen molar-refractivity contribution in [3.8, 4) is 0 Å². The molecule has 0 spiro atoms. The Morgan fingerprint density at radius 3 is 2.89 bits per heavy atom. The highest BCUT2D eigenvalue weighted by molar-refractivity contribution is 7.17. The summed E-state index contributed by atoms with van der Waals surface area (Å²) < 4.78 is 6.87. The summed E-state index contributed by atoms with van der Waals surface area (Å²) in [6.07, 6.45) is 2.16. The molecule has 1 aromatic heterocycles. The molecule has 0 radical (unpaired) electrons. The Balaban J connectivity index is 2.03. The first kappa shape index (κ1) is 14.5. The first-order chi connectivity index (χ1) is 9.35. The Morgan fingerprint density at radius 2 is 2.11 bits per heavy atom. The molecule has 0 saturated carbocycles. The molecule has 3 heteroatoms. The van der Waals surface area contributed by atoms with Crippen molar-refractivity contribution in [3.63, 3.8) is 0 Å². The quantitative estimate of drug-likeness (QED) is 0.740. The average Bonchev–Trinajstić information content (AvgIpc) is 2.83. The van der Waals surface area contributed by atoms with Gasteiger partial charge >= 0.3 is 0 Å². The van der Waals surface area contributed by atoms with Crippen LogP contribution in [0, 0.1) is 0 Å². The van der Waals surface area contributed by atoms with Gasteiger partial charge in [0.15, 0.2) is 0 Å². The normalized spacial score (nSPS) is 12.9. The summed E-state index contributed by atoms with van der Waals surface area (Å²) >= 11 is 1.84. The van der Waals surface area contributed by atoms with Gasteiger partial charge in [-0.1, -0.05) is 25.1 Å². The highest BCUT2D eigenvalue weighted by Gasteiger charge is 2.11. The van der Waals surface area contributed by atoms with Gasteiger partial charge in [-0.15, -0.1) is 11.3 Å². The van der Waals surface area contributed by atoms with Gasteiger partial charge in [0.1, 0.15) is 0 Å². The van der Waals surface area contributed by atoms with Gasteiger partial charge in [-0.05, 0) is 48.7 Å². The SMILES string of the molecule is CCNC(CCOCC)Cc1csc2ccccc12. The molecule has 1 unspecified atom stereocenters. The number of ether oxygens (including phenoxy) is 1. The van der Waals surface area contributed by atoms with Crippen LogP contribution in [0.2, 0.25) is 0 Å². The van der Waals surface area contributed by atoms with Crippen molar-refractivity contribution >= 4 is 21.4 Å². The molecular weight excluding hydrogens is 254 g/mol. The van der Waals surface area contributed by atoms with E-state index in [9.17, 15) is 0 Å². The van der Waals surface area contributed by atoms with Crippen molar-refractivity contribution < 1.29 is 4.74 Å². The second kappa shape index (κ2) is 7.63. The summed E-state index contributed by atoms with van der Waals surface area (Å²) in [5, 5.41) is 7.28. The smallest absolute Gasteiger partial charge is 0.0480 e. The number of fused-ring (bicyclic) bond motifs is 1. The summed E-state index contributed by atoms with van der Waals surface area (Å²) in [4.78, 5) is 0. The molecule has 0 amide bonds. The van der Waals surface area contributed by atoms with E-state index >= 15 is 0 Å². The minimum absolute atomic E-state index is 0.509. The molecule has 1 heterocycles. The lowest BCUT2D eigenvalue weighted by Crippen LogP contribution is -2.32. The Labute approximate surface area is 119 Å². The number of benzene rings is 1.